The van der Waals surface area contributed by atoms with Crippen molar-refractivity contribution in [1.29, 1.82) is 0 Å². The van der Waals surface area contributed by atoms with E-state index in [2.05, 4.69) is 45.5 Å². The van der Waals surface area contributed by atoms with E-state index in [1.165, 1.54) is 24.8 Å². The van der Waals surface area contributed by atoms with E-state index in [-0.39, 0.29) is 17.2 Å². The number of rotatable bonds is 5. The number of carbonyl (C=O) groups is 1. The Balaban J connectivity index is 1.63. The molecule has 0 heterocycles. The lowest BCUT2D eigenvalue weighted by molar-refractivity contribution is -0.126. The van der Waals surface area contributed by atoms with Crippen molar-refractivity contribution in [2.24, 2.45) is 17.6 Å². The van der Waals surface area contributed by atoms with Gasteiger partial charge in [0.05, 0.1) is 0 Å². The minimum absolute atomic E-state index is 0.132. The van der Waals surface area contributed by atoms with Crippen LogP contribution in [0.3, 0.4) is 0 Å². The summed E-state index contributed by atoms with van der Waals surface area (Å²) in [5.74, 6) is 0.730. The van der Waals surface area contributed by atoms with Crippen LogP contribution in [-0.4, -0.2) is 19.0 Å². The highest BCUT2D eigenvalue weighted by atomic mass is 79.9. The molecule has 2 saturated carbocycles. The van der Waals surface area contributed by atoms with Gasteiger partial charge in [-0.25, -0.2) is 0 Å². The third kappa shape index (κ3) is 3.09. The van der Waals surface area contributed by atoms with Gasteiger partial charge in [-0.3, -0.25) is 4.79 Å². The summed E-state index contributed by atoms with van der Waals surface area (Å²) in [5, 5.41) is 3.24. The van der Waals surface area contributed by atoms with Crippen LogP contribution in [0, 0.1) is 11.8 Å². The van der Waals surface area contributed by atoms with Crippen LogP contribution >= 0.6 is 15.9 Å². The molecule has 120 valence electrons. The van der Waals surface area contributed by atoms with Gasteiger partial charge in [-0.1, -0.05) is 40.9 Å². The van der Waals surface area contributed by atoms with Gasteiger partial charge in [-0.05, 0) is 55.8 Å². The van der Waals surface area contributed by atoms with Gasteiger partial charge in [-0.2, -0.15) is 0 Å². The molecule has 2 atom stereocenters. The Kier molecular flexibility index (Phi) is 4.88. The van der Waals surface area contributed by atoms with Crippen LogP contribution in [-0.2, 0) is 10.2 Å². The highest BCUT2D eigenvalue weighted by Crippen LogP contribution is 2.43. The molecule has 3 rings (SSSR count). The van der Waals surface area contributed by atoms with Crippen molar-refractivity contribution >= 4 is 21.8 Å². The Morgan fingerprint density at radius 1 is 1.23 bits per heavy atom. The molecule has 0 bridgehead atoms. The van der Waals surface area contributed by atoms with Crippen molar-refractivity contribution in [2.45, 2.75) is 43.9 Å². The number of hydrogen-bond acceptors (Lipinski definition) is 2. The van der Waals surface area contributed by atoms with E-state index in [9.17, 15) is 4.79 Å². The van der Waals surface area contributed by atoms with Gasteiger partial charge in [0.25, 0.3) is 0 Å². The number of nitrogens with one attached hydrogen (secondary N) is 1. The van der Waals surface area contributed by atoms with Gasteiger partial charge >= 0.3 is 0 Å². The molecule has 0 aromatic heterocycles. The molecule has 0 spiro atoms. The number of benzene rings is 1. The smallest absolute Gasteiger partial charge is 0.223 e. The average molecular weight is 365 g/mol. The first-order chi connectivity index (χ1) is 10.6. The van der Waals surface area contributed by atoms with E-state index in [4.69, 9.17) is 5.73 Å². The first-order valence-electron chi connectivity index (χ1n) is 8.38. The molecule has 0 radical (unpaired) electrons. The number of halogens is 1. The molecule has 2 fully saturated rings. The summed E-state index contributed by atoms with van der Waals surface area (Å²) < 4.78 is 1.10. The lowest BCUT2D eigenvalue weighted by atomic mass is 9.64. The van der Waals surface area contributed by atoms with Crippen molar-refractivity contribution in [1.82, 2.24) is 5.32 Å². The maximum Gasteiger partial charge on any atom is 0.223 e. The normalized spacial score (nSPS) is 26.5. The average Bonchev–Trinajstić information content (AvgIpc) is 2.96. The molecular weight excluding hydrogens is 340 g/mol. The Hall–Kier alpha value is -0.870. The molecular formula is C18H25BrN2O. The number of carbonyl (C=O) groups excluding carboxylic acids is 1. The fourth-order valence-corrected chi connectivity index (χ4v) is 4.29. The van der Waals surface area contributed by atoms with Crippen molar-refractivity contribution in [2.75, 3.05) is 13.1 Å². The molecule has 1 aromatic rings. The largest absolute Gasteiger partial charge is 0.355 e. The highest BCUT2D eigenvalue weighted by molar-refractivity contribution is 9.10. The zero-order valence-electron chi connectivity index (χ0n) is 13.0. The summed E-state index contributed by atoms with van der Waals surface area (Å²) >= 11 is 3.49. The number of hydrogen-bond donors (Lipinski definition) is 2. The third-order valence-corrected chi connectivity index (χ3v) is 6.20. The van der Waals surface area contributed by atoms with Gasteiger partial charge < -0.3 is 11.1 Å². The summed E-state index contributed by atoms with van der Waals surface area (Å²) in [6.45, 7) is 1.40. The SMILES string of the molecule is NC[C@H]1CCC[C@H]1C(=O)NCC1(c2ccc(Br)cc2)CCC1. The van der Waals surface area contributed by atoms with E-state index in [1.54, 1.807) is 0 Å². The highest BCUT2D eigenvalue weighted by Gasteiger charge is 2.40. The first-order valence-corrected chi connectivity index (χ1v) is 9.18. The minimum Gasteiger partial charge on any atom is -0.355 e. The van der Waals surface area contributed by atoms with E-state index < -0.39 is 0 Å². The summed E-state index contributed by atoms with van der Waals surface area (Å²) in [4.78, 5) is 12.5. The van der Waals surface area contributed by atoms with Gasteiger partial charge in [0, 0.05) is 22.4 Å². The zero-order valence-corrected chi connectivity index (χ0v) is 14.6. The first kappa shape index (κ1) is 16.0. The second kappa shape index (κ2) is 6.71. The fraction of sp³-hybridized carbons (Fsp3) is 0.611. The van der Waals surface area contributed by atoms with Gasteiger partial charge in [0.2, 0.25) is 5.91 Å². The van der Waals surface area contributed by atoms with Crippen LogP contribution < -0.4 is 11.1 Å². The molecule has 0 aliphatic heterocycles. The van der Waals surface area contributed by atoms with Crippen LogP contribution in [0.15, 0.2) is 28.7 Å². The molecule has 0 unspecified atom stereocenters. The molecule has 4 heteroatoms. The van der Waals surface area contributed by atoms with E-state index in [0.717, 1.165) is 30.3 Å². The standard InChI is InChI=1S/C18H25BrN2O/c19-15-7-5-14(6-8-15)18(9-2-10-18)12-21-17(22)16-4-1-3-13(16)11-20/h5-8,13,16H,1-4,9-12,20H2,(H,21,22)/t13-,16-/m1/s1. The summed E-state index contributed by atoms with van der Waals surface area (Å²) in [6.07, 6.45) is 6.82. The van der Waals surface area contributed by atoms with Crippen LogP contribution in [0.4, 0.5) is 0 Å². The van der Waals surface area contributed by atoms with E-state index >= 15 is 0 Å². The van der Waals surface area contributed by atoms with Gasteiger partial charge in [-0.15, -0.1) is 0 Å². The van der Waals surface area contributed by atoms with Crippen molar-refractivity contribution in [3.63, 3.8) is 0 Å². The monoisotopic (exact) mass is 364 g/mol. The molecule has 22 heavy (non-hydrogen) atoms. The Morgan fingerprint density at radius 2 is 1.95 bits per heavy atom. The van der Waals surface area contributed by atoms with Crippen molar-refractivity contribution < 1.29 is 4.79 Å². The van der Waals surface area contributed by atoms with Crippen molar-refractivity contribution in [3.05, 3.63) is 34.3 Å². The van der Waals surface area contributed by atoms with Crippen LogP contribution in [0.2, 0.25) is 0 Å². The van der Waals surface area contributed by atoms with Crippen LogP contribution in [0.1, 0.15) is 44.1 Å². The summed E-state index contributed by atoms with van der Waals surface area (Å²) in [5.41, 5.74) is 7.30. The minimum atomic E-state index is 0.132. The Labute approximate surface area is 141 Å². The molecule has 1 aromatic carbocycles. The summed E-state index contributed by atoms with van der Waals surface area (Å²) in [6, 6.07) is 8.57. The van der Waals surface area contributed by atoms with Crippen molar-refractivity contribution in [3.8, 4) is 0 Å². The summed E-state index contributed by atoms with van der Waals surface area (Å²) in [7, 11) is 0. The van der Waals surface area contributed by atoms with Crippen LogP contribution in [0.5, 0.6) is 0 Å². The topological polar surface area (TPSA) is 55.1 Å². The molecule has 3 N–H and O–H groups in total. The number of nitrogens with two attached hydrogens (primary N) is 1. The second-order valence-electron chi connectivity index (χ2n) is 6.89. The lowest BCUT2D eigenvalue weighted by Gasteiger charge is -2.43. The number of amides is 1. The van der Waals surface area contributed by atoms with Gasteiger partial charge in [0.15, 0.2) is 0 Å². The molecule has 0 saturated heterocycles. The zero-order chi connectivity index (χ0) is 15.6. The third-order valence-electron chi connectivity index (χ3n) is 5.67. The molecule has 3 nitrogen and oxygen atoms in total. The van der Waals surface area contributed by atoms with E-state index in [0.29, 0.717) is 12.5 Å². The molecule has 2 aliphatic carbocycles. The lowest BCUT2D eigenvalue weighted by Crippen LogP contribution is -2.47. The maximum atomic E-state index is 12.5. The predicted molar refractivity (Wildman–Crippen MR) is 92.6 cm³/mol. The Morgan fingerprint density at radius 3 is 2.55 bits per heavy atom. The quantitative estimate of drug-likeness (QED) is 0.841. The Bertz CT molecular complexity index is 524. The van der Waals surface area contributed by atoms with Crippen LogP contribution in [0.25, 0.3) is 0 Å². The molecule has 1 amide bonds. The predicted octanol–water partition coefficient (Wildman–Crippen LogP) is 3.36. The van der Waals surface area contributed by atoms with Gasteiger partial charge in [0.1, 0.15) is 0 Å². The maximum absolute atomic E-state index is 12.5. The molecule has 2 aliphatic rings. The second-order valence-corrected chi connectivity index (χ2v) is 7.81. The van der Waals surface area contributed by atoms with E-state index in [1.807, 2.05) is 0 Å². The fourth-order valence-electron chi connectivity index (χ4n) is 4.03.